The maximum absolute atomic E-state index is 4.86. The van der Waals surface area contributed by atoms with Crippen molar-refractivity contribution in [3.05, 3.63) is 77.9 Å². The van der Waals surface area contributed by atoms with Crippen molar-refractivity contribution in [1.82, 2.24) is 8.75 Å². The average molecular weight is 353 g/mol. The third kappa shape index (κ3) is 2.38. The van der Waals surface area contributed by atoms with Crippen LogP contribution in [0.5, 0.6) is 0 Å². The lowest BCUT2D eigenvalue weighted by atomic mass is 9.97. The fraction of sp³-hybridized carbons (Fsp3) is 0.0455. The van der Waals surface area contributed by atoms with E-state index in [1.54, 1.807) is 0 Å². The van der Waals surface area contributed by atoms with Crippen LogP contribution in [0.3, 0.4) is 0 Å². The number of nitrogens with zero attached hydrogens (tertiary/aromatic N) is 3. The van der Waals surface area contributed by atoms with E-state index in [4.69, 9.17) is 4.99 Å². The average Bonchev–Trinajstić information content (AvgIpc) is 3.15. The summed E-state index contributed by atoms with van der Waals surface area (Å²) in [5.74, 6) is 0. The summed E-state index contributed by atoms with van der Waals surface area (Å²) in [6, 6.07) is 23.2. The van der Waals surface area contributed by atoms with Gasteiger partial charge in [0.25, 0.3) is 0 Å². The lowest BCUT2D eigenvalue weighted by Gasteiger charge is -2.08. The molecule has 0 bridgehead atoms. The van der Waals surface area contributed by atoms with Gasteiger partial charge < -0.3 is 0 Å². The normalized spacial score (nSPS) is 11.9. The molecule has 0 spiro atoms. The summed E-state index contributed by atoms with van der Waals surface area (Å²) in [4.78, 5) is 4.86. The van der Waals surface area contributed by atoms with Gasteiger partial charge in [0.05, 0.1) is 17.4 Å². The molecule has 0 aliphatic rings. The first-order valence-corrected chi connectivity index (χ1v) is 9.21. The molecule has 1 heterocycles. The first-order chi connectivity index (χ1) is 12.8. The van der Waals surface area contributed by atoms with Gasteiger partial charge in [0.2, 0.25) is 0 Å². The number of aromatic nitrogens is 2. The Labute approximate surface area is 155 Å². The Morgan fingerprint density at radius 1 is 0.846 bits per heavy atom. The number of fused-ring (bicyclic) bond motifs is 3. The van der Waals surface area contributed by atoms with Crippen LogP contribution in [0.4, 0.5) is 5.69 Å². The molecule has 1 aromatic heterocycles. The van der Waals surface area contributed by atoms with Gasteiger partial charge in [-0.05, 0) is 46.2 Å². The summed E-state index contributed by atoms with van der Waals surface area (Å²) in [6.45, 7) is 2.06. The monoisotopic (exact) mass is 353 g/mol. The Bertz CT molecular complexity index is 1250. The summed E-state index contributed by atoms with van der Waals surface area (Å²) < 4.78 is 8.77. The summed E-state index contributed by atoms with van der Waals surface area (Å²) in [6.07, 6.45) is 1.98. The molecule has 3 nitrogen and oxygen atoms in total. The largest absolute Gasteiger partial charge is 0.254 e. The highest BCUT2D eigenvalue weighted by atomic mass is 32.1. The van der Waals surface area contributed by atoms with E-state index >= 15 is 0 Å². The van der Waals surface area contributed by atoms with Crippen LogP contribution < -0.4 is 0 Å². The third-order valence-electron chi connectivity index (χ3n) is 4.74. The van der Waals surface area contributed by atoms with E-state index < -0.39 is 0 Å². The standard InChI is InChI=1S/C22H15N3S/c1-14-10-11-20-22(25-26-24-20)21(14)23-13-19-17-8-4-2-6-15(17)12-16-7-3-5-9-18(16)19/h2-13H,1H3. The first-order valence-electron chi connectivity index (χ1n) is 8.48. The molecule has 26 heavy (non-hydrogen) atoms. The zero-order valence-corrected chi connectivity index (χ0v) is 15.0. The van der Waals surface area contributed by atoms with Crippen LogP contribution in [-0.4, -0.2) is 15.0 Å². The Morgan fingerprint density at radius 2 is 1.54 bits per heavy atom. The molecule has 5 aromatic rings. The van der Waals surface area contributed by atoms with Crippen LogP contribution in [0.2, 0.25) is 0 Å². The number of aliphatic imine (C=N–C) groups is 1. The van der Waals surface area contributed by atoms with Gasteiger partial charge in [-0.15, -0.1) is 0 Å². The molecule has 0 atom stereocenters. The van der Waals surface area contributed by atoms with Gasteiger partial charge in [0.15, 0.2) is 0 Å². The zero-order valence-electron chi connectivity index (χ0n) is 14.2. The van der Waals surface area contributed by atoms with E-state index in [1.807, 2.05) is 12.3 Å². The van der Waals surface area contributed by atoms with Crippen molar-refractivity contribution in [3.63, 3.8) is 0 Å². The number of hydrogen-bond donors (Lipinski definition) is 0. The van der Waals surface area contributed by atoms with Gasteiger partial charge in [0.1, 0.15) is 11.0 Å². The van der Waals surface area contributed by atoms with Crippen molar-refractivity contribution >= 4 is 56.2 Å². The van der Waals surface area contributed by atoms with E-state index in [2.05, 4.69) is 76.3 Å². The summed E-state index contributed by atoms with van der Waals surface area (Å²) in [7, 11) is 0. The second-order valence-corrected chi connectivity index (χ2v) is 6.88. The molecule has 0 saturated heterocycles. The van der Waals surface area contributed by atoms with Crippen molar-refractivity contribution in [2.75, 3.05) is 0 Å². The van der Waals surface area contributed by atoms with Gasteiger partial charge >= 0.3 is 0 Å². The molecule has 0 unspecified atom stereocenters. The van der Waals surface area contributed by atoms with Gasteiger partial charge in [-0.25, -0.2) is 0 Å². The fourth-order valence-corrected chi connectivity index (χ4v) is 3.96. The molecule has 0 saturated carbocycles. The molecule has 4 aromatic carbocycles. The highest BCUT2D eigenvalue weighted by Gasteiger charge is 2.09. The first kappa shape index (κ1) is 15.2. The molecule has 4 heteroatoms. The van der Waals surface area contributed by atoms with Crippen molar-refractivity contribution in [2.45, 2.75) is 6.92 Å². The highest BCUT2D eigenvalue weighted by Crippen LogP contribution is 2.31. The number of benzene rings is 4. The summed E-state index contributed by atoms with van der Waals surface area (Å²) >= 11 is 1.23. The Balaban J connectivity index is 1.79. The number of rotatable bonds is 2. The molecule has 0 fully saturated rings. The van der Waals surface area contributed by atoms with Crippen molar-refractivity contribution in [1.29, 1.82) is 0 Å². The van der Waals surface area contributed by atoms with Crippen molar-refractivity contribution < 1.29 is 0 Å². The van der Waals surface area contributed by atoms with Gasteiger partial charge in [0, 0.05) is 11.8 Å². The molecule has 0 amide bonds. The minimum absolute atomic E-state index is 0.871. The van der Waals surface area contributed by atoms with Crippen LogP contribution in [-0.2, 0) is 0 Å². The summed E-state index contributed by atoms with van der Waals surface area (Å²) in [5.41, 5.74) is 4.91. The maximum atomic E-state index is 4.86. The molecule has 0 aliphatic heterocycles. The third-order valence-corrected chi connectivity index (χ3v) is 5.28. The predicted octanol–water partition coefficient (Wildman–Crippen LogP) is 6.06. The molecule has 0 aliphatic carbocycles. The van der Waals surface area contributed by atoms with E-state index in [0.29, 0.717) is 0 Å². The Kier molecular flexibility index (Phi) is 3.50. The lowest BCUT2D eigenvalue weighted by molar-refractivity contribution is 1.42. The van der Waals surface area contributed by atoms with Crippen molar-refractivity contribution in [3.8, 4) is 0 Å². The smallest absolute Gasteiger partial charge is 0.130 e. The zero-order chi connectivity index (χ0) is 17.5. The van der Waals surface area contributed by atoms with Crippen LogP contribution in [0.25, 0.3) is 32.6 Å². The summed E-state index contributed by atoms with van der Waals surface area (Å²) in [5, 5.41) is 4.85. The molecule has 5 rings (SSSR count). The molecule has 0 radical (unpaired) electrons. The van der Waals surface area contributed by atoms with Gasteiger partial charge in [-0.1, -0.05) is 54.6 Å². The molecule has 124 valence electrons. The second kappa shape index (κ2) is 6.00. The SMILES string of the molecule is Cc1ccc2nsnc2c1N=Cc1c2ccccc2cc2ccccc12. The van der Waals surface area contributed by atoms with Crippen molar-refractivity contribution in [2.24, 2.45) is 4.99 Å². The Morgan fingerprint density at radius 3 is 2.27 bits per heavy atom. The van der Waals surface area contributed by atoms with Crippen LogP contribution in [0.15, 0.2) is 71.7 Å². The van der Waals surface area contributed by atoms with E-state index in [9.17, 15) is 0 Å². The number of hydrogen-bond acceptors (Lipinski definition) is 4. The van der Waals surface area contributed by atoms with Crippen LogP contribution in [0, 0.1) is 6.92 Å². The second-order valence-electron chi connectivity index (χ2n) is 6.35. The lowest BCUT2D eigenvalue weighted by Crippen LogP contribution is -1.89. The van der Waals surface area contributed by atoms with Gasteiger partial charge in [-0.2, -0.15) is 8.75 Å². The van der Waals surface area contributed by atoms with Crippen LogP contribution >= 0.6 is 11.7 Å². The van der Waals surface area contributed by atoms with Crippen LogP contribution in [0.1, 0.15) is 11.1 Å². The molecule has 0 N–H and O–H groups in total. The minimum Gasteiger partial charge on any atom is -0.254 e. The minimum atomic E-state index is 0.871. The van der Waals surface area contributed by atoms with E-state index in [1.165, 1.54) is 33.3 Å². The van der Waals surface area contributed by atoms with E-state index in [-0.39, 0.29) is 0 Å². The fourth-order valence-electron chi connectivity index (χ4n) is 3.42. The quantitative estimate of drug-likeness (QED) is 0.286. The Hall–Kier alpha value is -3.11. The van der Waals surface area contributed by atoms with Gasteiger partial charge in [-0.3, -0.25) is 4.99 Å². The predicted molar refractivity (Wildman–Crippen MR) is 111 cm³/mol. The maximum Gasteiger partial charge on any atom is 0.130 e. The molecular weight excluding hydrogens is 338 g/mol. The topological polar surface area (TPSA) is 38.1 Å². The highest BCUT2D eigenvalue weighted by molar-refractivity contribution is 7.00. The van der Waals surface area contributed by atoms with E-state index in [0.717, 1.165) is 27.8 Å². The molecular formula is C22H15N3S. The number of aryl methyl sites for hydroxylation is 1.